The van der Waals surface area contributed by atoms with E-state index in [9.17, 15) is 9.59 Å². The molecule has 0 heterocycles. The monoisotopic (exact) mass is 322 g/mol. The van der Waals surface area contributed by atoms with E-state index < -0.39 is 0 Å². The van der Waals surface area contributed by atoms with Gasteiger partial charge < -0.3 is 10.1 Å². The molecule has 2 rings (SSSR count). The standard InChI is InChI=1S/C19H18N2O3/c1-13-7-9-18(24-2)15(11-13)17(22)8-10-19(23)21-16-6-4-3-5-14(16)12-20/h3-7,9,11H,8,10H2,1-2H3,(H,21,23). The number of aryl methyl sites for hydroxylation is 1. The van der Waals surface area contributed by atoms with Gasteiger partial charge in [-0.2, -0.15) is 5.26 Å². The summed E-state index contributed by atoms with van der Waals surface area (Å²) >= 11 is 0. The zero-order valence-electron chi connectivity index (χ0n) is 13.6. The number of hydrogen-bond donors (Lipinski definition) is 1. The molecule has 0 spiro atoms. The van der Waals surface area contributed by atoms with Gasteiger partial charge in [-0.3, -0.25) is 9.59 Å². The summed E-state index contributed by atoms with van der Waals surface area (Å²) in [7, 11) is 1.51. The van der Waals surface area contributed by atoms with Crippen molar-refractivity contribution in [3.8, 4) is 11.8 Å². The summed E-state index contributed by atoms with van der Waals surface area (Å²) in [6.07, 6.45) is 0.107. The van der Waals surface area contributed by atoms with Crippen molar-refractivity contribution < 1.29 is 14.3 Å². The number of ketones is 1. The molecule has 1 amide bonds. The summed E-state index contributed by atoms with van der Waals surface area (Å²) < 4.78 is 5.20. The van der Waals surface area contributed by atoms with E-state index in [0.717, 1.165) is 5.56 Å². The third-order valence-corrected chi connectivity index (χ3v) is 3.56. The largest absolute Gasteiger partial charge is 0.496 e. The normalized spacial score (nSPS) is 9.88. The van der Waals surface area contributed by atoms with E-state index in [4.69, 9.17) is 10.00 Å². The fourth-order valence-electron chi connectivity index (χ4n) is 2.30. The Morgan fingerprint density at radius 3 is 2.62 bits per heavy atom. The van der Waals surface area contributed by atoms with Crippen LogP contribution in [0.2, 0.25) is 0 Å². The first-order valence-electron chi connectivity index (χ1n) is 7.52. The molecular formula is C19H18N2O3. The van der Waals surface area contributed by atoms with E-state index in [-0.39, 0.29) is 24.5 Å². The van der Waals surface area contributed by atoms with Gasteiger partial charge >= 0.3 is 0 Å². The second kappa shape index (κ2) is 7.93. The molecule has 0 saturated heterocycles. The third-order valence-electron chi connectivity index (χ3n) is 3.56. The summed E-state index contributed by atoms with van der Waals surface area (Å²) in [5.41, 5.74) is 2.26. The van der Waals surface area contributed by atoms with Gasteiger partial charge in [-0.25, -0.2) is 0 Å². The minimum absolute atomic E-state index is 0.0374. The smallest absolute Gasteiger partial charge is 0.224 e. The predicted molar refractivity (Wildman–Crippen MR) is 91.1 cm³/mol. The second-order valence-electron chi connectivity index (χ2n) is 5.33. The lowest BCUT2D eigenvalue weighted by atomic mass is 10.0. The summed E-state index contributed by atoms with van der Waals surface area (Å²) in [6, 6.07) is 14.1. The second-order valence-corrected chi connectivity index (χ2v) is 5.33. The molecule has 2 aromatic rings. The van der Waals surface area contributed by atoms with Crippen molar-refractivity contribution in [3.05, 3.63) is 59.2 Å². The Hall–Kier alpha value is -3.13. The molecule has 0 bridgehead atoms. The molecule has 5 nitrogen and oxygen atoms in total. The molecule has 0 atom stereocenters. The summed E-state index contributed by atoms with van der Waals surface area (Å²) in [6.45, 7) is 1.89. The summed E-state index contributed by atoms with van der Waals surface area (Å²) in [5, 5.41) is 11.7. The fraction of sp³-hybridized carbons (Fsp3) is 0.211. The number of hydrogen-bond acceptors (Lipinski definition) is 4. The van der Waals surface area contributed by atoms with Crippen LogP contribution in [0.25, 0.3) is 0 Å². The van der Waals surface area contributed by atoms with Gasteiger partial charge in [-0.1, -0.05) is 23.8 Å². The molecule has 0 aromatic heterocycles. The van der Waals surface area contributed by atoms with Gasteiger partial charge in [0, 0.05) is 12.8 Å². The van der Waals surface area contributed by atoms with E-state index in [1.807, 2.05) is 19.1 Å². The molecule has 0 aliphatic carbocycles. The number of nitrogens with zero attached hydrogens (tertiary/aromatic N) is 1. The fourth-order valence-corrected chi connectivity index (χ4v) is 2.30. The first-order chi connectivity index (χ1) is 11.5. The lowest BCUT2D eigenvalue weighted by Crippen LogP contribution is -2.14. The Labute approximate surface area is 140 Å². The lowest BCUT2D eigenvalue weighted by molar-refractivity contribution is -0.116. The third kappa shape index (κ3) is 4.20. The molecule has 122 valence electrons. The van der Waals surface area contributed by atoms with Crippen molar-refractivity contribution in [2.75, 3.05) is 12.4 Å². The van der Waals surface area contributed by atoms with Crippen molar-refractivity contribution in [2.24, 2.45) is 0 Å². The Bertz CT molecular complexity index is 806. The molecule has 1 N–H and O–H groups in total. The molecular weight excluding hydrogens is 304 g/mol. The van der Waals surface area contributed by atoms with Crippen molar-refractivity contribution in [1.82, 2.24) is 0 Å². The van der Waals surface area contributed by atoms with Gasteiger partial charge in [0.25, 0.3) is 0 Å². The topological polar surface area (TPSA) is 79.2 Å². The van der Waals surface area contributed by atoms with Gasteiger partial charge in [-0.05, 0) is 31.2 Å². The highest BCUT2D eigenvalue weighted by Crippen LogP contribution is 2.22. The molecule has 0 unspecified atom stereocenters. The maximum absolute atomic E-state index is 12.3. The molecule has 24 heavy (non-hydrogen) atoms. The first kappa shape index (κ1) is 17.2. The van der Waals surface area contributed by atoms with Crippen molar-refractivity contribution >= 4 is 17.4 Å². The van der Waals surface area contributed by atoms with Gasteiger partial charge in [0.1, 0.15) is 11.8 Å². The Morgan fingerprint density at radius 2 is 1.92 bits per heavy atom. The van der Waals surface area contributed by atoms with Crippen LogP contribution in [0.3, 0.4) is 0 Å². The van der Waals surface area contributed by atoms with Crippen LogP contribution in [0.1, 0.15) is 34.3 Å². The number of amides is 1. The molecule has 0 aliphatic heterocycles. The Balaban J connectivity index is 2.00. The van der Waals surface area contributed by atoms with Crippen LogP contribution in [0.5, 0.6) is 5.75 Å². The molecule has 0 radical (unpaired) electrons. The van der Waals surface area contributed by atoms with Crippen molar-refractivity contribution in [2.45, 2.75) is 19.8 Å². The molecule has 5 heteroatoms. The summed E-state index contributed by atoms with van der Waals surface area (Å²) in [5.74, 6) is 0.0396. The number of Topliss-reactive ketones (excluding diaryl/α,β-unsaturated/α-hetero) is 1. The number of nitriles is 1. The number of carbonyl (C=O) groups is 2. The Kier molecular flexibility index (Phi) is 5.69. The SMILES string of the molecule is COc1ccc(C)cc1C(=O)CCC(=O)Nc1ccccc1C#N. The van der Waals surface area contributed by atoms with Gasteiger partial charge in [0.15, 0.2) is 5.78 Å². The quantitative estimate of drug-likeness (QED) is 0.826. The number of methoxy groups -OCH3 is 1. The van der Waals surface area contributed by atoms with Crippen LogP contribution in [0, 0.1) is 18.3 Å². The molecule has 0 fully saturated rings. The van der Waals surface area contributed by atoms with Crippen LogP contribution in [0.15, 0.2) is 42.5 Å². The number of anilines is 1. The van der Waals surface area contributed by atoms with Gasteiger partial charge in [0.05, 0.1) is 23.9 Å². The van der Waals surface area contributed by atoms with Crippen LogP contribution in [0.4, 0.5) is 5.69 Å². The van der Waals surface area contributed by atoms with Crippen LogP contribution in [-0.4, -0.2) is 18.8 Å². The summed E-state index contributed by atoms with van der Waals surface area (Å²) in [4.78, 5) is 24.4. The number of benzene rings is 2. The van der Waals surface area contributed by atoms with E-state index in [2.05, 4.69) is 5.32 Å². The van der Waals surface area contributed by atoms with Gasteiger partial charge in [-0.15, -0.1) is 0 Å². The molecule has 2 aromatic carbocycles. The van der Waals surface area contributed by atoms with Gasteiger partial charge in [0.2, 0.25) is 5.91 Å². The van der Waals surface area contributed by atoms with Crippen LogP contribution in [-0.2, 0) is 4.79 Å². The van der Waals surface area contributed by atoms with E-state index in [1.54, 1.807) is 36.4 Å². The van der Waals surface area contributed by atoms with Crippen molar-refractivity contribution in [3.63, 3.8) is 0 Å². The molecule has 0 aliphatic rings. The van der Waals surface area contributed by atoms with Crippen LogP contribution < -0.4 is 10.1 Å². The first-order valence-corrected chi connectivity index (χ1v) is 7.52. The zero-order valence-corrected chi connectivity index (χ0v) is 13.6. The zero-order chi connectivity index (χ0) is 17.5. The molecule has 0 saturated carbocycles. The number of carbonyl (C=O) groups excluding carboxylic acids is 2. The van der Waals surface area contributed by atoms with E-state index in [0.29, 0.717) is 22.6 Å². The lowest BCUT2D eigenvalue weighted by Gasteiger charge is -2.09. The maximum Gasteiger partial charge on any atom is 0.224 e. The van der Waals surface area contributed by atoms with Crippen molar-refractivity contribution in [1.29, 1.82) is 5.26 Å². The maximum atomic E-state index is 12.3. The van der Waals surface area contributed by atoms with E-state index >= 15 is 0 Å². The van der Waals surface area contributed by atoms with E-state index in [1.165, 1.54) is 7.11 Å². The Morgan fingerprint density at radius 1 is 1.17 bits per heavy atom. The highest BCUT2D eigenvalue weighted by molar-refractivity contribution is 6.02. The minimum atomic E-state index is -0.308. The highest BCUT2D eigenvalue weighted by atomic mass is 16.5. The number of para-hydroxylation sites is 1. The number of ether oxygens (including phenoxy) is 1. The predicted octanol–water partition coefficient (Wildman–Crippen LogP) is 3.48. The number of rotatable bonds is 6. The average molecular weight is 322 g/mol. The minimum Gasteiger partial charge on any atom is -0.496 e. The highest BCUT2D eigenvalue weighted by Gasteiger charge is 2.15. The average Bonchev–Trinajstić information content (AvgIpc) is 2.60. The number of nitrogens with one attached hydrogen (secondary N) is 1. The van der Waals surface area contributed by atoms with Crippen LogP contribution >= 0.6 is 0 Å².